The van der Waals surface area contributed by atoms with E-state index in [4.69, 9.17) is 5.11 Å². The van der Waals surface area contributed by atoms with Gasteiger partial charge < -0.3 is 10.0 Å². The minimum Gasteiger partial charge on any atom is -0.396 e. The van der Waals surface area contributed by atoms with Gasteiger partial charge >= 0.3 is 0 Å². The summed E-state index contributed by atoms with van der Waals surface area (Å²) in [6, 6.07) is 1.86. The Morgan fingerprint density at radius 3 is 3.05 bits per heavy atom. The van der Waals surface area contributed by atoms with E-state index in [0.717, 1.165) is 38.0 Å². The second-order valence-electron chi connectivity index (χ2n) is 5.26. The molecule has 1 fully saturated rings. The molecule has 5 heteroatoms. The molecule has 0 aromatic carbocycles. The lowest BCUT2D eigenvalue weighted by atomic mass is 9.95. The lowest BCUT2D eigenvalue weighted by Crippen LogP contribution is -2.41. The number of carbonyl (C=O) groups is 1. The smallest absolute Gasteiger partial charge is 0.272 e. The second-order valence-corrected chi connectivity index (χ2v) is 5.26. The third-order valence-corrected chi connectivity index (χ3v) is 3.76. The second kappa shape index (κ2) is 6.19. The first-order valence-corrected chi connectivity index (χ1v) is 7.10. The largest absolute Gasteiger partial charge is 0.396 e. The molecule has 2 rings (SSSR count). The average molecular weight is 265 g/mol. The van der Waals surface area contributed by atoms with Crippen LogP contribution in [0.5, 0.6) is 0 Å². The Morgan fingerprint density at radius 2 is 2.37 bits per heavy atom. The first-order valence-electron chi connectivity index (χ1n) is 7.10. The molecule has 5 nitrogen and oxygen atoms in total. The molecule has 0 spiro atoms. The van der Waals surface area contributed by atoms with Crippen LogP contribution in [0.3, 0.4) is 0 Å². The van der Waals surface area contributed by atoms with Crippen LogP contribution in [0, 0.1) is 12.8 Å². The van der Waals surface area contributed by atoms with Gasteiger partial charge in [0, 0.05) is 26.2 Å². The Hall–Kier alpha value is -1.36. The Morgan fingerprint density at radius 1 is 1.58 bits per heavy atom. The molecule has 1 unspecified atom stereocenters. The number of hydrogen-bond donors (Lipinski definition) is 1. The molecule has 106 valence electrons. The highest BCUT2D eigenvalue weighted by atomic mass is 16.3. The molecular formula is C14H23N3O2. The van der Waals surface area contributed by atoms with Crippen molar-refractivity contribution in [2.45, 2.75) is 39.7 Å². The van der Waals surface area contributed by atoms with Gasteiger partial charge in [-0.05, 0) is 45.1 Å². The van der Waals surface area contributed by atoms with Gasteiger partial charge in [0.2, 0.25) is 0 Å². The summed E-state index contributed by atoms with van der Waals surface area (Å²) in [7, 11) is 0. The summed E-state index contributed by atoms with van der Waals surface area (Å²) in [6.45, 7) is 6.39. The van der Waals surface area contributed by atoms with Gasteiger partial charge in [-0.25, -0.2) is 0 Å². The molecule has 0 aliphatic carbocycles. The van der Waals surface area contributed by atoms with Gasteiger partial charge in [0.15, 0.2) is 0 Å². The van der Waals surface area contributed by atoms with Crippen LogP contribution in [0.2, 0.25) is 0 Å². The van der Waals surface area contributed by atoms with Crippen molar-refractivity contribution in [2.24, 2.45) is 5.92 Å². The fraction of sp³-hybridized carbons (Fsp3) is 0.714. The average Bonchev–Trinajstić information content (AvgIpc) is 2.80. The predicted octanol–water partition coefficient (Wildman–Crippen LogP) is 1.45. The zero-order valence-corrected chi connectivity index (χ0v) is 11.8. The molecule has 1 saturated heterocycles. The van der Waals surface area contributed by atoms with Crippen LogP contribution >= 0.6 is 0 Å². The van der Waals surface area contributed by atoms with E-state index in [-0.39, 0.29) is 12.5 Å². The summed E-state index contributed by atoms with van der Waals surface area (Å²) in [5.41, 5.74) is 1.57. The van der Waals surface area contributed by atoms with E-state index in [9.17, 15) is 4.79 Å². The maximum atomic E-state index is 12.5. The van der Waals surface area contributed by atoms with Gasteiger partial charge in [0.05, 0.1) is 5.69 Å². The summed E-state index contributed by atoms with van der Waals surface area (Å²) < 4.78 is 1.77. The number of aliphatic hydroxyl groups is 1. The number of rotatable bonds is 4. The van der Waals surface area contributed by atoms with Crippen molar-refractivity contribution in [1.82, 2.24) is 14.7 Å². The predicted molar refractivity (Wildman–Crippen MR) is 73.0 cm³/mol. The number of aryl methyl sites for hydroxylation is 2. The van der Waals surface area contributed by atoms with Crippen molar-refractivity contribution in [3.8, 4) is 0 Å². The summed E-state index contributed by atoms with van der Waals surface area (Å²) in [5, 5.41) is 13.4. The van der Waals surface area contributed by atoms with E-state index in [1.807, 2.05) is 24.8 Å². The fourth-order valence-electron chi connectivity index (χ4n) is 2.79. The highest BCUT2D eigenvalue weighted by Crippen LogP contribution is 2.21. The molecular weight excluding hydrogens is 242 g/mol. The van der Waals surface area contributed by atoms with E-state index >= 15 is 0 Å². The fourth-order valence-corrected chi connectivity index (χ4v) is 2.79. The van der Waals surface area contributed by atoms with Crippen LogP contribution in [-0.2, 0) is 6.54 Å². The SMILES string of the molecule is CCn1nc(C)cc1C(=O)N1CCCC(CCO)C1. The molecule has 0 saturated carbocycles. The molecule has 2 heterocycles. The van der Waals surface area contributed by atoms with E-state index in [1.165, 1.54) is 0 Å². The number of carbonyl (C=O) groups excluding carboxylic acids is 1. The molecule has 1 aliphatic rings. The molecule has 1 amide bonds. The normalized spacial score (nSPS) is 19.7. The van der Waals surface area contributed by atoms with Crippen molar-refractivity contribution in [1.29, 1.82) is 0 Å². The lowest BCUT2D eigenvalue weighted by molar-refractivity contribution is 0.0641. The summed E-state index contributed by atoms with van der Waals surface area (Å²) in [5.74, 6) is 0.506. The molecule has 1 aromatic rings. The summed E-state index contributed by atoms with van der Waals surface area (Å²) in [6.07, 6.45) is 2.92. The number of aromatic nitrogens is 2. The van der Waals surface area contributed by atoms with Crippen molar-refractivity contribution in [2.75, 3.05) is 19.7 Å². The summed E-state index contributed by atoms with van der Waals surface area (Å²) in [4.78, 5) is 14.5. The number of aliphatic hydroxyl groups excluding tert-OH is 1. The minimum atomic E-state index is 0.0742. The third kappa shape index (κ3) is 3.15. The van der Waals surface area contributed by atoms with Crippen LogP contribution in [0.15, 0.2) is 6.07 Å². The lowest BCUT2D eigenvalue weighted by Gasteiger charge is -2.32. The van der Waals surface area contributed by atoms with Crippen LogP contribution < -0.4 is 0 Å². The van der Waals surface area contributed by atoms with Gasteiger partial charge in [-0.2, -0.15) is 5.10 Å². The number of amides is 1. The highest BCUT2D eigenvalue weighted by Gasteiger charge is 2.26. The Labute approximate surface area is 114 Å². The van der Waals surface area contributed by atoms with Gasteiger partial charge in [0.25, 0.3) is 5.91 Å². The van der Waals surface area contributed by atoms with Gasteiger partial charge in [-0.3, -0.25) is 9.48 Å². The highest BCUT2D eigenvalue weighted by molar-refractivity contribution is 5.92. The zero-order valence-electron chi connectivity index (χ0n) is 11.8. The van der Waals surface area contributed by atoms with Gasteiger partial charge in [-0.1, -0.05) is 0 Å². The zero-order chi connectivity index (χ0) is 13.8. The van der Waals surface area contributed by atoms with E-state index < -0.39 is 0 Å². The Bertz CT molecular complexity index is 440. The maximum absolute atomic E-state index is 12.5. The molecule has 1 atom stereocenters. The van der Waals surface area contributed by atoms with E-state index in [1.54, 1.807) is 4.68 Å². The van der Waals surface area contributed by atoms with Crippen LogP contribution in [0.25, 0.3) is 0 Å². The van der Waals surface area contributed by atoms with Crippen LogP contribution in [0.1, 0.15) is 42.4 Å². The molecule has 0 bridgehead atoms. The first kappa shape index (κ1) is 14.1. The van der Waals surface area contributed by atoms with Crippen molar-refractivity contribution in [3.63, 3.8) is 0 Å². The Balaban J connectivity index is 2.10. The number of hydrogen-bond acceptors (Lipinski definition) is 3. The standard InChI is InChI=1S/C14H23N3O2/c1-3-17-13(9-11(2)15-17)14(19)16-7-4-5-12(10-16)6-8-18/h9,12,18H,3-8,10H2,1-2H3. The van der Waals surface area contributed by atoms with Crippen molar-refractivity contribution in [3.05, 3.63) is 17.5 Å². The minimum absolute atomic E-state index is 0.0742. The molecule has 1 N–H and O–H groups in total. The van der Waals surface area contributed by atoms with Crippen LogP contribution in [0.4, 0.5) is 0 Å². The number of likely N-dealkylation sites (tertiary alicyclic amines) is 1. The number of piperidine rings is 1. The first-order chi connectivity index (χ1) is 9.15. The topological polar surface area (TPSA) is 58.4 Å². The van der Waals surface area contributed by atoms with Crippen molar-refractivity contribution >= 4 is 5.91 Å². The molecule has 1 aromatic heterocycles. The Kier molecular flexibility index (Phi) is 4.58. The van der Waals surface area contributed by atoms with Crippen molar-refractivity contribution < 1.29 is 9.90 Å². The summed E-state index contributed by atoms with van der Waals surface area (Å²) >= 11 is 0. The molecule has 0 radical (unpaired) electrons. The third-order valence-electron chi connectivity index (χ3n) is 3.76. The monoisotopic (exact) mass is 265 g/mol. The van der Waals surface area contributed by atoms with Crippen LogP contribution in [-0.4, -0.2) is 45.4 Å². The van der Waals surface area contributed by atoms with Gasteiger partial charge in [-0.15, -0.1) is 0 Å². The molecule has 1 aliphatic heterocycles. The number of nitrogens with zero attached hydrogens (tertiary/aromatic N) is 3. The van der Waals surface area contributed by atoms with Gasteiger partial charge in [0.1, 0.15) is 5.69 Å². The quantitative estimate of drug-likeness (QED) is 0.896. The van der Waals surface area contributed by atoms with E-state index in [2.05, 4.69) is 5.10 Å². The van der Waals surface area contributed by atoms with E-state index in [0.29, 0.717) is 18.2 Å². The maximum Gasteiger partial charge on any atom is 0.272 e. The molecule has 19 heavy (non-hydrogen) atoms.